The highest BCUT2D eigenvalue weighted by Crippen LogP contribution is 2.26. The summed E-state index contributed by atoms with van der Waals surface area (Å²) < 4.78 is 0. The van der Waals surface area contributed by atoms with E-state index in [-0.39, 0.29) is 16.4 Å². The molecular weight excluding hydrogens is 185 g/mol. The molecule has 1 aromatic rings. The lowest BCUT2D eigenvalue weighted by molar-refractivity contribution is -0.381. The summed E-state index contributed by atoms with van der Waals surface area (Å²) in [5.41, 5.74) is 5.87. The fraction of sp³-hybridized carbons (Fsp3) is 0. The number of anilines is 1. The number of rotatable bonds is 0. The number of nitrogens with zero attached hydrogens (tertiary/aromatic N) is 1. The molecule has 56 valence electrons. The van der Waals surface area contributed by atoms with Gasteiger partial charge < -0.3 is 5.73 Å². The Morgan fingerprint density at radius 1 is 1.55 bits per heavy atom. The Bertz CT molecular complexity index is 329. The zero-order valence-corrected chi connectivity index (χ0v) is 6.87. The third-order valence-electron chi connectivity index (χ3n) is 1.17. The number of nitrogens with two attached hydrogens (primary N) is 1. The average molecular weight is 189 g/mol. The topological polar surface area (TPSA) is 64.0 Å². The highest BCUT2D eigenvalue weighted by atomic mass is 35.5. The van der Waals surface area contributed by atoms with Crippen LogP contribution in [0.3, 0.4) is 0 Å². The molecule has 3 nitrogen and oxygen atoms in total. The van der Waals surface area contributed by atoms with Gasteiger partial charge in [-0.05, 0) is 0 Å². The summed E-state index contributed by atoms with van der Waals surface area (Å²) in [6.45, 7) is 0. The number of nitriles is 1. The molecule has 0 atom stereocenters. The summed E-state index contributed by atoms with van der Waals surface area (Å²) in [4.78, 5) is 2.59. The summed E-state index contributed by atoms with van der Waals surface area (Å²) in [6, 6.07) is 1.84. The number of hydrogen-bond acceptors (Lipinski definition) is 2. The third kappa shape index (κ3) is 1.37. The van der Waals surface area contributed by atoms with Crippen LogP contribution in [0.25, 0.3) is 0 Å². The number of halogens is 2. The quantitative estimate of drug-likeness (QED) is 0.667. The van der Waals surface area contributed by atoms with Gasteiger partial charge in [-0.15, -0.1) is 0 Å². The Hall–Kier alpha value is -0.980. The zero-order chi connectivity index (χ0) is 8.43. The summed E-state index contributed by atoms with van der Waals surface area (Å²) in [6.07, 6.45) is 1.42. The molecule has 1 aromatic heterocycles. The second kappa shape index (κ2) is 2.95. The van der Waals surface area contributed by atoms with Gasteiger partial charge in [0.25, 0.3) is 0 Å². The van der Waals surface area contributed by atoms with Gasteiger partial charge in [0.15, 0.2) is 12.3 Å². The number of aromatic nitrogens is 1. The Labute approximate surface area is 73.4 Å². The van der Waals surface area contributed by atoms with Crippen LogP contribution in [0.15, 0.2) is 6.20 Å². The fourth-order valence-corrected chi connectivity index (χ4v) is 0.994. The zero-order valence-electron chi connectivity index (χ0n) is 5.36. The van der Waals surface area contributed by atoms with E-state index >= 15 is 0 Å². The first-order valence-corrected chi connectivity index (χ1v) is 3.47. The van der Waals surface area contributed by atoms with Gasteiger partial charge in [0, 0.05) is 0 Å². The van der Waals surface area contributed by atoms with Crippen molar-refractivity contribution in [3.05, 3.63) is 21.9 Å². The average Bonchev–Trinajstić information content (AvgIpc) is 2.01. The Kier molecular flexibility index (Phi) is 2.18. The fourth-order valence-electron chi connectivity index (χ4n) is 0.598. The first-order chi connectivity index (χ1) is 5.16. The van der Waals surface area contributed by atoms with Gasteiger partial charge in [-0.1, -0.05) is 23.2 Å². The normalized spacial score (nSPS) is 9.18. The molecule has 0 unspecified atom stereocenters. The summed E-state index contributed by atoms with van der Waals surface area (Å²) in [5, 5.41) is 8.95. The van der Waals surface area contributed by atoms with Crippen LogP contribution in [0.1, 0.15) is 5.69 Å². The van der Waals surface area contributed by atoms with Crippen LogP contribution in [0.2, 0.25) is 10.0 Å². The molecule has 3 N–H and O–H groups in total. The van der Waals surface area contributed by atoms with Gasteiger partial charge in [0.2, 0.25) is 0 Å². The van der Waals surface area contributed by atoms with E-state index in [1.807, 2.05) is 6.07 Å². The van der Waals surface area contributed by atoms with Crippen LogP contribution in [0.5, 0.6) is 0 Å². The first-order valence-electron chi connectivity index (χ1n) is 2.72. The second-order valence-electron chi connectivity index (χ2n) is 1.85. The van der Waals surface area contributed by atoms with Crippen LogP contribution in [0, 0.1) is 11.3 Å². The minimum Gasteiger partial charge on any atom is -0.396 e. The lowest BCUT2D eigenvalue weighted by atomic mass is 10.3. The highest BCUT2D eigenvalue weighted by Gasteiger charge is 2.13. The molecule has 0 aliphatic heterocycles. The van der Waals surface area contributed by atoms with E-state index in [0.29, 0.717) is 5.02 Å². The SMILES string of the molecule is N#Cc1[nH+]cc(Cl)c(N)c1Cl. The van der Waals surface area contributed by atoms with Crippen LogP contribution in [-0.4, -0.2) is 0 Å². The summed E-state index contributed by atoms with van der Waals surface area (Å²) in [7, 11) is 0. The molecule has 0 radical (unpaired) electrons. The van der Waals surface area contributed by atoms with Crippen molar-refractivity contribution >= 4 is 28.9 Å². The third-order valence-corrected chi connectivity index (χ3v) is 1.87. The molecule has 0 amide bonds. The highest BCUT2D eigenvalue weighted by molar-refractivity contribution is 6.38. The van der Waals surface area contributed by atoms with Gasteiger partial charge >= 0.3 is 5.69 Å². The molecule has 1 heterocycles. The molecule has 0 saturated carbocycles. The molecule has 1 rings (SSSR count). The molecule has 11 heavy (non-hydrogen) atoms. The maximum absolute atomic E-state index is 8.47. The number of H-pyrrole nitrogens is 1. The summed E-state index contributed by atoms with van der Waals surface area (Å²) in [5.74, 6) is 0. The predicted octanol–water partition coefficient (Wildman–Crippen LogP) is 1.26. The van der Waals surface area contributed by atoms with E-state index < -0.39 is 0 Å². The molecule has 0 saturated heterocycles. The minimum absolute atomic E-state index is 0.167. The van der Waals surface area contributed by atoms with E-state index in [1.165, 1.54) is 6.20 Å². The Morgan fingerprint density at radius 3 is 2.73 bits per heavy atom. The van der Waals surface area contributed by atoms with E-state index in [9.17, 15) is 0 Å². The lowest BCUT2D eigenvalue weighted by Crippen LogP contribution is -2.09. The Morgan fingerprint density at radius 2 is 2.18 bits per heavy atom. The Balaban J connectivity index is 3.40. The number of nitrogens with one attached hydrogen (secondary N) is 1. The van der Waals surface area contributed by atoms with Crippen molar-refractivity contribution in [3.63, 3.8) is 0 Å². The molecule has 0 aromatic carbocycles. The molecule has 5 heteroatoms. The van der Waals surface area contributed by atoms with Gasteiger partial charge in [-0.3, -0.25) is 0 Å². The number of pyridine rings is 1. The van der Waals surface area contributed by atoms with E-state index in [1.54, 1.807) is 0 Å². The van der Waals surface area contributed by atoms with Gasteiger partial charge in [0.1, 0.15) is 10.0 Å². The summed E-state index contributed by atoms with van der Waals surface area (Å²) >= 11 is 11.2. The van der Waals surface area contributed by atoms with Crippen LogP contribution >= 0.6 is 23.2 Å². The minimum atomic E-state index is 0.167. The largest absolute Gasteiger partial charge is 0.396 e. The van der Waals surface area contributed by atoms with Crippen LogP contribution in [0.4, 0.5) is 5.69 Å². The predicted molar refractivity (Wildman–Crippen MR) is 42.1 cm³/mol. The van der Waals surface area contributed by atoms with E-state index in [2.05, 4.69) is 4.98 Å². The van der Waals surface area contributed by atoms with E-state index in [0.717, 1.165) is 0 Å². The van der Waals surface area contributed by atoms with Crippen molar-refractivity contribution in [1.82, 2.24) is 0 Å². The molecule has 0 aliphatic carbocycles. The standard InChI is InChI=1S/C6H3Cl2N3/c7-3-2-11-4(1-9)5(8)6(3)10/h2H,(H2,10,11)/p+1. The van der Waals surface area contributed by atoms with Crippen molar-refractivity contribution in [2.24, 2.45) is 0 Å². The van der Waals surface area contributed by atoms with Crippen molar-refractivity contribution in [2.45, 2.75) is 0 Å². The van der Waals surface area contributed by atoms with Crippen molar-refractivity contribution in [1.29, 1.82) is 5.26 Å². The van der Waals surface area contributed by atoms with Crippen LogP contribution < -0.4 is 10.7 Å². The number of nitrogen functional groups attached to an aromatic ring is 1. The smallest absolute Gasteiger partial charge is 0.302 e. The molecule has 0 spiro atoms. The second-order valence-corrected chi connectivity index (χ2v) is 2.64. The lowest BCUT2D eigenvalue weighted by Gasteiger charge is -1.94. The molecule has 0 bridgehead atoms. The maximum atomic E-state index is 8.47. The number of aromatic amines is 1. The number of hydrogen-bond donors (Lipinski definition) is 1. The maximum Gasteiger partial charge on any atom is 0.302 e. The van der Waals surface area contributed by atoms with Crippen molar-refractivity contribution in [2.75, 3.05) is 5.73 Å². The molecule has 0 fully saturated rings. The van der Waals surface area contributed by atoms with Gasteiger partial charge in [-0.2, -0.15) is 10.2 Å². The van der Waals surface area contributed by atoms with Crippen molar-refractivity contribution < 1.29 is 4.98 Å². The van der Waals surface area contributed by atoms with Gasteiger partial charge in [-0.25, -0.2) is 0 Å². The van der Waals surface area contributed by atoms with E-state index in [4.69, 9.17) is 34.2 Å². The van der Waals surface area contributed by atoms with Crippen molar-refractivity contribution in [3.8, 4) is 6.07 Å². The first kappa shape index (κ1) is 8.12. The molecular formula is C6H4Cl2N3+. The monoisotopic (exact) mass is 188 g/mol. The van der Waals surface area contributed by atoms with Gasteiger partial charge in [0.05, 0.1) is 5.69 Å². The molecule has 0 aliphatic rings. The van der Waals surface area contributed by atoms with Crippen LogP contribution in [-0.2, 0) is 0 Å².